The van der Waals surface area contributed by atoms with E-state index in [0.29, 0.717) is 30.7 Å². The van der Waals surface area contributed by atoms with Gasteiger partial charge in [0.1, 0.15) is 0 Å². The largest absolute Gasteiger partial charge is 0.397 e. The van der Waals surface area contributed by atoms with Gasteiger partial charge in [-0.05, 0) is 44.7 Å². The van der Waals surface area contributed by atoms with Gasteiger partial charge in [-0.1, -0.05) is 12.1 Å². The molecule has 1 aliphatic rings. The molecule has 2 N–H and O–H groups in total. The summed E-state index contributed by atoms with van der Waals surface area (Å²) >= 11 is 0. The lowest BCUT2D eigenvalue weighted by Crippen LogP contribution is -2.38. The Labute approximate surface area is 120 Å². The Bertz CT molecular complexity index is 456. The van der Waals surface area contributed by atoms with Gasteiger partial charge in [-0.15, -0.1) is 0 Å². The van der Waals surface area contributed by atoms with Crippen LogP contribution >= 0.6 is 0 Å². The van der Waals surface area contributed by atoms with E-state index in [-0.39, 0.29) is 5.91 Å². The van der Waals surface area contributed by atoms with Gasteiger partial charge in [0, 0.05) is 19.6 Å². The predicted molar refractivity (Wildman–Crippen MR) is 81.6 cm³/mol. The molecular formula is C16H24N2O2. The van der Waals surface area contributed by atoms with Gasteiger partial charge in [-0.3, -0.25) is 4.79 Å². The van der Waals surface area contributed by atoms with Gasteiger partial charge in [-0.2, -0.15) is 0 Å². The number of anilines is 2. The van der Waals surface area contributed by atoms with Crippen molar-refractivity contribution in [3.05, 3.63) is 24.3 Å². The molecule has 0 heterocycles. The number of ether oxygens (including phenoxy) is 1. The summed E-state index contributed by atoms with van der Waals surface area (Å²) in [5, 5.41) is 0. The maximum atomic E-state index is 12.4. The van der Waals surface area contributed by atoms with Gasteiger partial charge in [0.05, 0.1) is 17.5 Å². The third-order valence-corrected chi connectivity index (χ3v) is 3.90. The molecule has 1 saturated carbocycles. The zero-order chi connectivity index (χ0) is 14.5. The third kappa shape index (κ3) is 3.31. The molecule has 0 atom stereocenters. The van der Waals surface area contributed by atoms with Crippen LogP contribution in [0.15, 0.2) is 24.3 Å². The Balaban J connectivity index is 1.92. The Hall–Kier alpha value is -1.55. The molecule has 0 spiro atoms. The maximum Gasteiger partial charge on any atom is 0.227 e. The van der Waals surface area contributed by atoms with E-state index in [1.165, 1.54) is 0 Å². The lowest BCUT2D eigenvalue weighted by atomic mass is 9.79. The fourth-order valence-electron chi connectivity index (χ4n) is 2.78. The molecule has 0 aromatic heterocycles. The van der Waals surface area contributed by atoms with Crippen LogP contribution in [0, 0.1) is 5.92 Å². The van der Waals surface area contributed by atoms with Crippen molar-refractivity contribution in [3.63, 3.8) is 0 Å². The first-order valence-corrected chi connectivity index (χ1v) is 7.42. The smallest absolute Gasteiger partial charge is 0.227 e. The minimum Gasteiger partial charge on any atom is -0.397 e. The van der Waals surface area contributed by atoms with Crippen LogP contribution in [0.5, 0.6) is 0 Å². The molecule has 4 heteroatoms. The van der Waals surface area contributed by atoms with Gasteiger partial charge in [0.15, 0.2) is 0 Å². The molecule has 2 rings (SSSR count). The Morgan fingerprint density at radius 3 is 2.65 bits per heavy atom. The van der Waals surface area contributed by atoms with Gasteiger partial charge >= 0.3 is 0 Å². The van der Waals surface area contributed by atoms with Crippen LogP contribution in [-0.2, 0) is 9.53 Å². The van der Waals surface area contributed by atoms with Crippen LogP contribution < -0.4 is 10.6 Å². The van der Waals surface area contributed by atoms with Crippen LogP contribution in [0.1, 0.15) is 33.1 Å². The number of nitrogens with zero attached hydrogens (tertiary/aromatic N) is 1. The first-order valence-electron chi connectivity index (χ1n) is 7.42. The first kappa shape index (κ1) is 14.9. The van der Waals surface area contributed by atoms with Gasteiger partial charge in [0.25, 0.3) is 0 Å². The van der Waals surface area contributed by atoms with Gasteiger partial charge in [0.2, 0.25) is 5.91 Å². The summed E-state index contributed by atoms with van der Waals surface area (Å²) in [4.78, 5) is 14.2. The zero-order valence-corrected chi connectivity index (χ0v) is 12.3. The number of nitrogen functional groups attached to an aromatic ring is 1. The molecular weight excluding hydrogens is 252 g/mol. The number of hydrogen-bond donors (Lipinski definition) is 1. The zero-order valence-electron chi connectivity index (χ0n) is 12.3. The summed E-state index contributed by atoms with van der Waals surface area (Å²) in [7, 11) is 0. The molecule has 1 aliphatic carbocycles. The number of para-hydroxylation sites is 2. The van der Waals surface area contributed by atoms with E-state index in [2.05, 4.69) is 0 Å². The van der Waals surface area contributed by atoms with Crippen LogP contribution in [0.25, 0.3) is 0 Å². The van der Waals surface area contributed by atoms with E-state index in [1.807, 2.05) is 38.1 Å². The minimum absolute atomic E-state index is 0.158. The lowest BCUT2D eigenvalue weighted by molar-refractivity contribution is -0.121. The monoisotopic (exact) mass is 276 g/mol. The molecule has 1 aromatic carbocycles. The molecule has 110 valence electrons. The highest BCUT2D eigenvalue weighted by atomic mass is 16.5. The highest BCUT2D eigenvalue weighted by molar-refractivity contribution is 5.96. The van der Waals surface area contributed by atoms with Gasteiger partial charge < -0.3 is 15.4 Å². The summed E-state index contributed by atoms with van der Waals surface area (Å²) in [6.07, 6.45) is 2.95. The number of carbonyl (C=O) groups is 1. The second kappa shape index (κ2) is 6.75. The number of benzene rings is 1. The quantitative estimate of drug-likeness (QED) is 0.813. The fraction of sp³-hybridized carbons (Fsp3) is 0.562. The number of amides is 1. The Kier molecular flexibility index (Phi) is 5.01. The van der Waals surface area contributed by atoms with E-state index in [4.69, 9.17) is 10.5 Å². The minimum atomic E-state index is 0.158. The number of hydrogen-bond acceptors (Lipinski definition) is 3. The number of carbonyl (C=O) groups excluding carboxylic acids is 1. The van der Waals surface area contributed by atoms with Crippen molar-refractivity contribution >= 4 is 17.3 Å². The van der Waals surface area contributed by atoms with Gasteiger partial charge in [-0.25, -0.2) is 0 Å². The fourth-order valence-corrected chi connectivity index (χ4v) is 2.78. The number of rotatable bonds is 6. The highest BCUT2D eigenvalue weighted by Gasteiger charge is 2.32. The van der Waals surface area contributed by atoms with Crippen molar-refractivity contribution < 1.29 is 9.53 Å². The molecule has 1 amide bonds. The predicted octanol–water partition coefficient (Wildman–Crippen LogP) is 2.83. The van der Waals surface area contributed by atoms with Crippen LogP contribution in [0.3, 0.4) is 0 Å². The molecule has 0 aliphatic heterocycles. The van der Waals surface area contributed by atoms with E-state index in [0.717, 1.165) is 25.1 Å². The van der Waals surface area contributed by atoms with Crippen molar-refractivity contribution in [2.75, 3.05) is 23.8 Å². The van der Waals surface area contributed by atoms with E-state index in [9.17, 15) is 4.79 Å². The Morgan fingerprint density at radius 1 is 1.35 bits per heavy atom. The van der Waals surface area contributed by atoms with Crippen molar-refractivity contribution in [1.29, 1.82) is 0 Å². The molecule has 1 fully saturated rings. The topological polar surface area (TPSA) is 55.6 Å². The maximum absolute atomic E-state index is 12.4. The van der Waals surface area contributed by atoms with Crippen LogP contribution in [0.4, 0.5) is 11.4 Å². The molecule has 20 heavy (non-hydrogen) atoms. The van der Waals surface area contributed by atoms with Crippen molar-refractivity contribution in [3.8, 4) is 0 Å². The van der Waals surface area contributed by atoms with Crippen LogP contribution in [0.2, 0.25) is 0 Å². The lowest BCUT2D eigenvalue weighted by Gasteiger charge is -2.35. The molecule has 0 radical (unpaired) electrons. The summed E-state index contributed by atoms with van der Waals surface area (Å²) < 4.78 is 5.54. The first-order chi connectivity index (χ1) is 9.65. The standard InChI is InChI=1S/C16H24N2O2/c1-3-18(15-8-6-5-7-14(15)17)16(19)11-12-9-13(10-12)20-4-2/h5-8,12-13H,3-4,9-11,17H2,1-2H3. The Morgan fingerprint density at radius 2 is 2.05 bits per heavy atom. The summed E-state index contributed by atoms with van der Waals surface area (Å²) in [5.74, 6) is 0.614. The van der Waals surface area contributed by atoms with E-state index >= 15 is 0 Å². The average molecular weight is 276 g/mol. The highest BCUT2D eigenvalue weighted by Crippen LogP contribution is 2.34. The van der Waals surface area contributed by atoms with E-state index in [1.54, 1.807) is 4.90 Å². The average Bonchev–Trinajstić information content (AvgIpc) is 2.39. The van der Waals surface area contributed by atoms with E-state index < -0.39 is 0 Å². The van der Waals surface area contributed by atoms with Crippen molar-refractivity contribution in [1.82, 2.24) is 0 Å². The van der Waals surface area contributed by atoms with Crippen LogP contribution in [-0.4, -0.2) is 25.2 Å². The number of nitrogens with two attached hydrogens (primary N) is 1. The second-order valence-electron chi connectivity index (χ2n) is 5.32. The molecule has 4 nitrogen and oxygen atoms in total. The molecule has 1 aromatic rings. The molecule has 0 unspecified atom stereocenters. The van der Waals surface area contributed by atoms with Crippen molar-refractivity contribution in [2.24, 2.45) is 5.92 Å². The summed E-state index contributed by atoms with van der Waals surface area (Å²) in [5.41, 5.74) is 7.44. The molecule has 0 saturated heterocycles. The summed E-state index contributed by atoms with van der Waals surface area (Å²) in [6.45, 7) is 5.39. The van der Waals surface area contributed by atoms with Crippen molar-refractivity contribution in [2.45, 2.75) is 39.2 Å². The SMILES string of the molecule is CCOC1CC(CC(=O)N(CC)c2ccccc2N)C1. The second-order valence-corrected chi connectivity index (χ2v) is 5.32. The summed E-state index contributed by atoms with van der Waals surface area (Å²) in [6, 6.07) is 7.53. The molecule has 0 bridgehead atoms. The normalized spacial score (nSPS) is 21.3. The third-order valence-electron chi connectivity index (χ3n) is 3.90.